The molecule has 2 amide bonds. The molecule has 2 atom stereocenters. The van der Waals surface area contributed by atoms with Crippen LogP contribution in [0, 0.1) is 17.7 Å². The zero-order chi connectivity index (χ0) is 49.8. The SMILES string of the molecule is COC(=O)N1CCc2ccc3c(nc([C@H]4CC[C@H](C(=O)O)CC4)n3[C@H]3CCc4c(cccc4OC(=O)[C@H]4CC[C@H](c5nc6c7c(ccc6n5[C@@H](C)Cc5ccccc5F)CCN(C(=O)OC)C7)CC4)C3)c2C1. The van der Waals surface area contributed by atoms with E-state index < -0.39 is 5.97 Å². The van der Waals surface area contributed by atoms with Gasteiger partial charge in [-0.3, -0.25) is 9.59 Å². The van der Waals surface area contributed by atoms with Crippen LogP contribution in [0.25, 0.3) is 22.1 Å². The molecule has 0 saturated heterocycles. The number of ether oxygens (including phenoxy) is 3. The third-order valence-electron chi connectivity index (χ3n) is 16.8. The van der Waals surface area contributed by atoms with Crippen LogP contribution in [0.5, 0.6) is 5.75 Å². The number of imidazole rings is 2. The second kappa shape index (κ2) is 19.7. The number of halogens is 1. The molecule has 0 bridgehead atoms. The second-order valence-corrected chi connectivity index (χ2v) is 20.9. The van der Waals surface area contributed by atoms with E-state index in [2.05, 4.69) is 46.4 Å². The normalized spacial score (nSPS) is 22.4. The Labute approximate surface area is 418 Å². The molecule has 14 nitrogen and oxygen atoms in total. The lowest BCUT2D eigenvalue weighted by Crippen LogP contribution is -2.35. The molecular formula is C57H63FN6O8. The van der Waals surface area contributed by atoms with Crippen LogP contribution in [-0.4, -0.2) is 85.4 Å². The van der Waals surface area contributed by atoms with Gasteiger partial charge in [0.05, 0.1) is 61.2 Å². The number of carboxylic acid groups (broad SMARTS) is 1. The highest BCUT2D eigenvalue weighted by atomic mass is 19.1. The number of nitrogens with zero attached hydrogens (tertiary/aromatic N) is 6. The number of benzene rings is 4. The summed E-state index contributed by atoms with van der Waals surface area (Å²) in [5.74, 6) is 0.912. The lowest BCUT2D eigenvalue weighted by molar-refractivity contribution is -0.143. The Hall–Kier alpha value is -6.77. The summed E-state index contributed by atoms with van der Waals surface area (Å²) in [5.41, 5.74) is 11.0. The zero-order valence-electron chi connectivity index (χ0n) is 41.4. The van der Waals surface area contributed by atoms with Gasteiger partial charge < -0.3 is 38.3 Å². The molecule has 72 heavy (non-hydrogen) atoms. The molecule has 1 N–H and O–H groups in total. The summed E-state index contributed by atoms with van der Waals surface area (Å²) >= 11 is 0. The van der Waals surface area contributed by atoms with E-state index in [9.17, 15) is 24.3 Å². The van der Waals surface area contributed by atoms with E-state index in [0.717, 1.165) is 100 Å². The van der Waals surface area contributed by atoms with Gasteiger partial charge in [0, 0.05) is 48.1 Å². The van der Waals surface area contributed by atoms with Gasteiger partial charge in [0.1, 0.15) is 23.2 Å². The van der Waals surface area contributed by atoms with E-state index in [-0.39, 0.29) is 59.7 Å². The van der Waals surface area contributed by atoms with E-state index in [4.69, 9.17) is 24.2 Å². The largest absolute Gasteiger partial charge is 0.481 e. The van der Waals surface area contributed by atoms with Crippen molar-refractivity contribution in [2.24, 2.45) is 11.8 Å². The number of hydrogen-bond donors (Lipinski definition) is 1. The zero-order valence-corrected chi connectivity index (χ0v) is 41.4. The number of aliphatic carboxylic acids is 1. The van der Waals surface area contributed by atoms with Crippen LogP contribution in [0.15, 0.2) is 66.7 Å². The third-order valence-corrected chi connectivity index (χ3v) is 16.8. The molecule has 2 aliphatic heterocycles. The van der Waals surface area contributed by atoms with Gasteiger partial charge in [-0.25, -0.2) is 23.9 Å². The van der Waals surface area contributed by atoms with Crippen molar-refractivity contribution in [3.05, 3.63) is 123 Å². The van der Waals surface area contributed by atoms with Gasteiger partial charge in [-0.15, -0.1) is 0 Å². The van der Waals surface area contributed by atoms with Crippen molar-refractivity contribution in [3.8, 4) is 5.75 Å². The van der Waals surface area contributed by atoms with Crippen molar-refractivity contribution >= 4 is 46.2 Å². The molecule has 0 spiro atoms. The number of aromatic nitrogens is 4. The standard InChI is InChI=1S/C57H63FN6O8/c1-33(29-41-7-4-5-9-46(41)58)63-47-23-19-34-25-27-61(56(68)70-2)31-44(34)50(47)59-52(63)36-13-17-39(18-14-36)55(67)72-49-10-6-8-40-30-42(21-22-43(40)49)64-48-24-20-35-26-28-62(57(69)71-3)32-45(35)51(48)60-53(64)37-11-15-38(16-12-37)54(65)66/h4-10,19-20,23-24,33,36-39,42H,11-18,21-22,25-32H2,1-3H3,(H,65,66)/t33-,36-,37-,38-,39-,42-/m0/s1. The predicted octanol–water partition coefficient (Wildman–Crippen LogP) is 10.5. The Morgan fingerprint density at radius 3 is 1.90 bits per heavy atom. The summed E-state index contributed by atoms with van der Waals surface area (Å²) in [5, 5.41) is 9.82. The number of carbonyl (C=O) groups is 4. The predicted molar refractivity (Wildman–Crippen MR) is 267 cm³/mol. The van der Waals surface area contributed by atoms with E-state index in [1.165, 1.54) is 25.8 Å². The van der Waals surface area contributed by atoms with Crippen molar-refractivity contribution < 1.29 is 42.9 Å². The number of carboxylic acids is 1. The van der Waals surface area contributed by atoms with Crippen LogP contribution < -0.4 is 4.74 Å². The second-order valence-electron chi connectivity index (χ2n) is 20.9. The molecule has 2 saturated carbocycles. The molecule has 376 valence electrons. The van der Waals surface area contributed by atoms with Gasteiger partial charge in [-0.2, -0.15) is 0 Å². The first-order valence-corrected chi connectivity index (χ1v) is 26.0. The van der Waals surface area contributed by atoms with Crippen LogP contribution in [0.3, 0.4) is 0 Å². The molecule has 11 rings (SSSR count). The summed E-state index contributed by atoms with van der Waals surface area (Å²) in [4.78, 5) is 65.8. The first-order chi connectivity index (χ1) is 35.0. The van der Waals surface area contributed by atoms with E-state index in [1.54, 1.807) is 15.9 Å². The maximum Gasteiger partial charge on any atom is 0.409 e. The summed E-state index contributed by atoms with van der Waals surface area (Å²) < 4.78 is 36.4. The highest BCUT2D eigenvalue weighted by Gasteiger charge is 2.37. The Kier molecular flexibility index (Phi) is 13.0. The lowest BCUT2D eigenvalue weighted by Gasteiger charge is -2.32. The first kappa shape index (κ1) is 47.5. The molecule has 2 fully saturated rings. The highest BCUT2D eigenvalue weighted by molar-refractivity contribution is 5.84. The number of esters is 1. The topological polar surface area (TPSA) is 158 Å². The van der Waals surface area contributed by atoms with Crippen molar-refractivity contribution in [1.29, 1.82) is 0 Å². The quantitative estimate of drug-likeness (QED) is 0.109. The first-order valence-electron chi connectivity index (χ1n) is 26.0. The van der Waals surface area contributed by atoms with Gasteiger partial charge in [0.15, 0.2) is 0 Å². The fourth-order valence-electron chi connectivity index (χ4n) is 12.9. The van der Waals surface area contributed by atoms with Gasteiger partial charge >= 0.3 is 24.1 Å². The lowest BCUT2D eigenvalue weighted by atomic mass is 9.81. The Balaban J connectivity index is 0.826. The van der Waals surface area contributed by atoms with Gasteiger partial charge in [-0.1, -0.05) is 42.5 Å². The third kappa shape index (κ3) is 8.76. The maximum atomic E-state index is 15.1. The summed E-state index contributed by atoms with van der Waals surface area (Å²) in [6.45, 7) is 4.08. The molecule has 0 unspecified atom stereocenters. The molecule has 4 aromatic carbocycles. The number of methoxy groups -OCH3 is 2. The van der Waals surface area contributed by atoms with E-state index in [0.29, 0.717) is 88.9 Å². The molecule has 6 aromatic rings. The number of fused-ring (bicyclic) bond motifs is 7. The van der Waals surface area contributed by atoms with E-state index >= 15 is 4.39 Å². The summed E-state index contributed by atoms with van der Waals surface area (Å²) in [6.07, 6.45) is 8.91. The molecule has 4 heterocycles. The summed E-state index contributed by atoms with van der Waals surface area (Å²) in [6, 6.07) is 21.5. The molecule has 2 aromatic heterocycles. The Morgan fingerprint density at radius 1 is 0.667 bits per heavy atom. The molecule has 0 radical (unpaired) electrons. The van der Waals surface area contributed by atoms with Crippen molar-refractivity contribution in [2.45, 2.75) is 134 Å². The number of hydrogen-bond acceptors (Lipinski definition) is 9. The van der Waals surface area contributed by atoms with Gasteiger partial charge in [0.25, 0.3) is 0 Å². The van der Waals surface area contributed by atoms with Gasteiger partial charge in [0.2, 0.25) is 0 Å². The molecule has 3 aliphatic carbocycles. The Morgan fingerprint density at radius 2 is 1.26 bits per heavy atom. The fourth-order valence-corrected chi connectivity index (χ4v) is 12.9. The Bertz CT molecular complexity index is 3090. The van der Waals surface area contributed by atoms with Crippen LogP contribution in [-0.2, 0) is 64.3 Å². The average molecular weight is 979 g/mol. The van der Waals surface area contributed by atoms with Crippen molar-refractivity contribution in [1.82, 2.24) is 28.9 Å². The number of rotatable bonds is 9. The maximum absolute atomic E-state index is 15.1. The van der Waals surface area contributed by atoms with Gasteiger partial charge in [-0.05, 0) is 149 Å². The highest BCUT2D eigenvalue weighted by Crippen LogP contribution is 2.45. The fraction of sp³-hybridized carbons (Fsp3) is 0.474. The number of amides is 2. The average Bonchev–Trinajstić information content (AvgIpc) is 4.01. The smallest absolute Gasteiger partial charge is 0.409 e. The van der Waals surface area contributed by atoms with Crippen molar-refractivity contribution in [3.63, 3.8) is 0 Å². The monoisotopic (exact) mass is 978 g/mol. The molecule has 5 aliphatic rings. The minimum Gasteiger partial charge on any atom is -0.481 e. The molecule has 15 heteroatoms. The van der Waals surface area contributed by atoms with Crippen molar-refractivity contribution in [2.75, 3.05) is 27.3 Å². The van der Waals surface area contributed by atoms with Crippen LogP contribution in [0.2, 0.25) is 0 Å². The van der Waals surface area contributed by atoms with Crippen LogP contribution >= 0.6 is 0 Å². The minimum absolute atomic E-state index is 0.0653. The molecular weight excluding hydrogens is 916 g/mol. The summed E-state index contributed by atoms with van der Waals surface area (Å²) in [7, 11) is 2.81. The van der Waals surface area contributed by atoms with Crippen LogP contribution in [0.1, 0.15) is 139 Å². The van der Waals surface area contributed by atoms with Crippen LogP contribution in [0.4, 0.5) is 14.0 Å². The minimum atomic E-state index is -0.733. The van der Waals surface area contributed by atoms with E-state index in [1.807, 2.05) is 24.3 Å². The number of carbonyl (C=O) groups excluding carboxylic acids is 3.